The Labute approximate surface area is 337 Å². The van der Waals surface area contributed by atoms with Gasteiger partial charge in [-0.25, -0.2) is 0 Å². The van der Waals surface area contributed by atoms with Gasteiger partial charge in [0.05, 0.1) is 22.1 Å². The summed E-state index contributed by atoms with van der Waals surface area (Å²) in [6.07, 6.45) is 0. The van der Waals surface area contributed by atoms with Crippen LogP contribution in [0.2, 0.25) is 0 Å². The molecule has 0 N–H and O–H groups in total. The van der Waals surface area contributed by atoms with Gasteiger partial charge in [-0.2, -0.15) is 15.0 Å². The first-order valence-corrected chi connectivity index (χ1v) is 21.7. The van der Waals surface area contributed by atoms with Gasteiger partial charge in [0.1, 0.15) is 0 Å². The third kappa shape index (κ3) is 5.26. The summed E-state index contributed by atoms with van der Waals surface area (Å²) in [5.41, 5.74) is 6.34. The lowest BCUT2D eigenvalue weighted by Gasteiger charge is -2.34. The zero-order chi connectivity index (χ0) is 38.6. The fourth-order valence-corrected chi connectivity index (χ4v) is 13.8. The monoisotopic (exact) mass is 759 g/mol. The number of benzene rings is 8. The molecule has 0 bridgehead atoms. The number of hydrogen-bond donors (Lipinski definition) is 0. The van der Waals surface area contributed by atoms with Crippen molar-refractivity contribution in [2.45, 2.75) is 6.92 Å². The first kappa shape index (κ1) is 33.9. The minimum absolute atomic E-state index is 0.567. The second-order valence-corrected chi connectivity index (χ2v) is 18.7. The molecule has 0 amide bonds. The molecule has 0 aliphatic heterocycles. The second kappa shape index (κ2) is 13.7. The molecular weight excluding hydrogens is 723 g/mol. The summed E-state index contributed by atoms with van der Waals surface area (Å²) in [5, 5.41) is 9.81. The Morgan fingerprint density at radius 2 is 0.724 bits per heavy atom. The van der Waals surface area contributed by atoms with Crippen molar-refractivity contribution in [3.05, 3.63) is 212 Å². The summed E-state index contributed by atoms with van der Waals surface area (Å²) in [5.74, 6) is 1.74. The molecule has 3 aromatic heterocycles. The maximum absolute atomic E-state index is 5.41. The van der Waals surface area contributed by atoms with Crippen molar-refractivity contribution in [2.75, 3.05) is 0 Å². The summed E-state index contributed by atoms with van der Waals surface area (Å²) >= 11 is 0. The predicted octanol–water partition coefficient (Wildman–Crippen LogP) is 9.42. The topological polar surface area (TPSA) is 48.5 Å². The van der Waals surface area contributed by atoms with Crippen LogP contribution in [0.15, 0.2) is 206 Å². The van der Waals surface area contributed by atoms with E-state index in [4.69, 9.17) is 15.0 Å². The molecule has 11 rings (SSSR count). The van der Waals surface area contributed by atoms with Gasteiger partial charge in [-0.15, -0.1) is 0 Å². The fraction of sp³-hybridized carbons (Fsp3) is 0.0192. The molecule has 3 heterocycles. The SMILES string of the molecule is Cc1ccc([Si](c2ccccc2)(c2ccccc2)c2cccc(-c3nc(-n4c5ccccc5c5ccccc54)nc(-n4c5ccccc5c5ccccc54)n3)c2)cc1. The lowest BCUT2D eigenvalue weighted by molar-refractivity contribution is 0.893. The van der Waals surface area contributed by atoms with Crippen molar-refractivity contribution in [2.24, 2.45) is 0 Å². The van der Waals surface area contributed by atoms with Gasteiger partial charge in [0, 0.05) is 27.1 Å². The zero-order valence-corrected chi connectivity index (χ0v) is 32.9. The average Bonchev–Trinajstić information content (AvgIpc) is 3.81. The van der Waals surface area contributed by atoms with E-state index in [2.05, 4.69) is 222 Å². The van der Waals surface area contributed by atoms with E-state index in [1.807, 2.05) is 0 Å². The summed E-state index contributed by atoms with van der Waals surface area (Å²) in [6.45, 7) is 2.16. The highest BCUT2D eigenvalue weighted by Gasteiger charge is 2.41. The summed E-state index contributed by atoms with van der Waals surface area (Å²) in [7, 11) is -2.85. The molecule has 0 fully saturated rings. The van der Waals surface area contributed by atoms with E-state index in [9.17, 15) is 0 Å². The Balaban J connectivity index is 1.22. The van der Waals surface area contributed by atoms with Crippen LogP contribution in [-0.2, 0) is 0 Å². The number of fused-ring (bicyclic) bond motifs is 6. The number of aryl methyl sites for hydroxylation is 1. The van der Waals surface area contributed by atoms with E-state index in [1.54, 1.807) is 0 Å². The molecule has 0 saturated carbocycles. The first-order chi connectivity index (χ1) is 28.7. The van der Waals surface area contributed by atoms with Crippen LogP contribution in [0.4, 0.5) is 0 Å². The molecule has 274 valence electrons. The molecular formula is C52H37N5Si. The van der Waals surface area contributed by atoms with E-state index >= 15 is 0 Å². The smallest absolute Gasteiger partial charge is 0.240 e. The van der Waals surface area contributed by atoms with E-state index in [1.165, 1.54) is 26.3 Å². The molecule has 0 atom stereocenters. The highest BCUT2D eigenvalue weighted by molar-refractivity contribution is 7.19. The maximum atomic E-state index is 5.41. The van der Waals surface area contributed by atoms with E-state index in [0.717, 1.165) is 49.2 Å². The van der Waals surface area contributed by atoms with Gasteiger partial charge >= 0.3 is 0 Å². The molecule has 0 spiro atoms. The van der Waals surface area contributed by atoms with Crippen LogP contribution in [0.1, 0.15) is 5.56 Å². The van der Waals surface area contributed by atoms with Gasteiger partial charge in [0.15, 0.2) is 13.9 Å². The predicted molar refractivity (Wildman–Crippen MR) is 242 cm³/mol. The molecule has 0 radical (unpaired) electrons. The largest absolute Gasteiger partial charge is 0.278 e. The minimum atomic E-state index is -2.85. The van der Waals surface area contributed by atoms with Gasteiger partial charge < -0.3 is 0 Å². The van der Waals surface area contributed by atoms with Crippen LogP contribution in [0.3, 0.4) is 0 Å². The van der Waals surface area contributed by atoms with Crippen LogP contribution in [0.5, 0.6) is 0 Å². The van der Waals surface area contributed by atoms with Crippen LogP contribution >= 0.6 is 0 Å². The maximum Gasteiger partial charge on any atom is 0.240 e. The van der Waals surface area contributed by atoms with Crippen LogP contribution < -0.4 is 20.7 Å². The van der Waals surface area contributed by atoms with Crippen LogP contribution in [-0.4, -0.2) is 32.2 Å². The third-order valence-corrected chi connectivity index (χ3v) is 16.4. The number of nitrogens with zero attached hydrogens (tertiary/aromatic N) is 5. The Bertz CT molecular complexity index is 3020. The number of rotatable bonds is 7. The normalized spacial score (nSPS) is 11.9. The van der Waals surface area contributed by atoms with Crippen molar-refractivity contribution in [1.29, 1.82) is 0 Å². The third-order valence-electron chi connectivity index (χ3n) is 11.6. The minimum Gasteiger partial charge on any atom is -0.278 e. The second-order valence-electron chi connectivity index (χ2n) is 14.9. The number of aromatic nitrogens is 5. The van der Waals surface area contributed by atoms with Gasteiger partial charge in [-0.05, 0) is 51.9 Å². The molecule has 6 heteroatoms. The molecule has 58 heavy (non-hydrogen) atoms. The molecule has 0 aliphatic rings. The van der Waals surface area contributed by atoms with Crippen molar-refractivity contribution in [3.63, 3.8) is 0 Å². The van der Waals surface area contributed by atoms with E-state index in [-0.39, 0.29) is 0 Å². The molecule has 11 aromatic rings. The Hall–Kier alpha value is -7.41. The molecule has 5 nitrogen and oxygen atoms in total. The van der Waals surface area contributed by atoms with Gasteiger partial charge in [0.25, 0.3) is 0 Å². The van der Waals surface area contributed by atoms with Crippen LogP contribution in [0, 0.1) is 6.92 Å². The summed E-state index contributed by atoms with van der Waals surface area (Å²) in [6, 6.07) is 74.2. The van der Waals surface area contributed by atoms with Gasteiger partial charge in [0.2, 0.25) is 11.9 Å². The average molecular weight is 760 g/mol. The van der Waals surface area contributed by atoms with Crippen molar-refractivity contribution in [1.82, 2.24) is 24.1 Å². The Morgan fingerprint density at radius 1 is 0.345 bits per heavy atom. The molecule has 8 aromatic carbocycles. The number of hydrogen-bond acceptors (Lipinski definition) is 3. The van der Waals surface area contributed by atoms with Crippen molar-refractivity contribution >= 4 is 72.4 Å². The van der Waals surface area contributed by atoms with Crippen molar-refractivity contribution < 1.29 is 0 Å². The summed E-state index contributed by atoms with van der Waals surface area (Å²) < 4.78 is 4.38. The number of para-hydroxylation sites is 4. The Morgan fingerprint density at radius 3 is 1.17 bits per heavy atom. The first-order valence-electron chi connectivity index (χ1n) is 19.7. The fourth-order valence-electron chi connectivity index (χ4n) is 9.03. The molecule has 0 unspecified atom stereocenters. The highest BCUT2D eigenvalue weighted by atomic mass is 28.3. The van der Waals surface area contributed by atoms with Crippen LogP contribution in [0.25, 0.3) is 66.9 Å². The van der Waals surface area contributed by atoms with Crippen molar-refractivity contribution in [3.8, 4) is 23.3 Å². The lowest BCUT2D eigenvalue weighted by Crippen LogP contribution is -2.74. The quantitative estimate of drug-likeness (QED) is 0.120. The summed E-state index contributed by atoms with van der Waals surface area (Å²) in [4.78, 5) is 16.2. The molecule has 0 aliphatic carbocycles. The van der Waals surface area contributed by atoms with E-state index < -0.39 is 8.07 Å². The molecule has 0 saturated heterocycles. The zero-order valence-electron chi connectivity index (χ0n) is 31.9. The highest BCUT2D eigenvalue weighted by Crippen LogP contribution is 2.34. The van der Waals surface area contributed by atoms with Gasteiger partial charge in [-0.3, -0.25) is 9.13 Å². The Kier molecular flexibility index (Phi) is 7.98. The van der Waals surface area contributed by atoms with E-state index in [0.29, 0.717) is 17.7 Å². The van der Waals surface area contributed by atoms with Gasteiger partial charge in [-0.1, -0.05) is 188 Å². The lowest BCUT2D eigenvalue weighted by atomic mass is 10.2. The standard InChI is InChI=1S/C52H37N5Si/c1-36-31-33-40(34-32-36)58(38-18-4-2-5-19-38,39-20-6-3-7-21-39)41-22-16-17-37(35-41)50-53-51(56-46-27-12-8-23-42(46)43-24-9-13-28-47(43)56)55-52(54-50)57-48-29-14-10-25-44(48)45-26-11-15-30-49(45)57/h2-35H,1H3.